The van der Waals surface area contributed by atoms with Gasteiger partial charge in [-0.1, -0.05) is 5.11 Å². The van der Waals surface area contributed by atoms with E-state index in [4.69, 9.17) is 15.0 Å². The van der Waals surface area contributed by atoms with Crippen molar-refractivity contribution in [3.8, 4) is 0 Å². The minimum absolute atomic E-state index is 0.364. The van der Waals surface area contributed by atoms with Gasteiger partial charge in [0.05, 0.1) is 19.8 Å². The zero-order chi connectivity index (χ0) is 10.6. The lowest BCUT2D eigenvalue weighted by Gasteiger charge is -2.02. The zero-order valence-corrected chi connectivity index (χ0v) is 8.64. The molecular weight excluding hydrogens is 184 g/mol. The number of rotatable bonds is 8. The highest BCUT2D eigenvalue weighted by Crippen LogP contribution is 1.82. The maximum Gasteiger partial charge on any atom is 0.137 e. The van der Waals surface area contributed by atoms with Crippen molar-refractivity contribution in [2.75, 3.05) is 33.1 Å². The Labute approximate surface area is 83.5 Å². The van der Waals surface area contributed by atoms with Gasteiger partial charge in [-0.3, -0.25) is 4.99 Å². The Bertz CT molecular complexity index is 207. The lowest BCUT2D eigenvalue weighted by molar-refractivity contribution is 0.0539. The van der Waals surface area contributed by atoms with Crippen LogP contribution in [-0.2, 0) is 9.47 Å². The molecule has 0 aliphatic rings. The molecule has 0 amide bonds. The van der Waals surface area contributed by atoms with Gasteiger partial charge in [-0.25, -0.2) is 0 Å². The molecular formula is C8H16N4O2. The number of hydrogen-bond donors (Lipinski definition) is 0. The Kier molecular flexibility index (Phi) is 9.20. The van der Waals surface area contributed by atoms with Gasteiger partial charge in [0.15, 0.2) is 0 Å². The van der Waals surface area contributed by atoms with Gasteiger partial charge < -0.3 is 9.47 Å². The van der Waals surface area contributed by atoms with Crippen molar-refractivity contribution >= 4 is 5.71 Å². The Hall–Kier alpha value is -1.10. The van der Waals surface area contributed by atoms with Crippen molar-refractivity contribution in [3.63, 3.8) is 0 Å². The molecule has 6 nitrogen and oxygen atoms in total. The molecule has 0 aromatic carbocycles. The van der Waals surface area contributed by atoms with Gasteiger partial charge in [0.1, 0.15) is 6.73 Å². The number of aliphatic imine (C=N–C) groups is 1. The second kappa shape index (κ2) is 9.98. The van der Waals surface area contributed by atoms with Gasteiger partial charge >= 0.3 is 0 Å². The second-order valence-electron chi connectivity index (χ2n) is 2.71. The fraction of sp³-hybridized carbons (Fsp3) is 0.875. The van der Waals surface area contributed by atoms with Crippen LogP contribution < -0.4 is 0 Å². The number of nitrogens with zero attached hydrogens (tertiary/aromatic N) is 4. The van der Waals surface area contributed by atoms with Crippen LogP contribution in [0.1, 0.15) is 13.8 Å². The molecule has 0 heterocycles. The maximum atomic E-state index is 7.95. The van der Waals surface area contributed by atoms with E-state index < -0.39 is 0 Å². The molecule has 0 radical (unpaired) electrons. The number of ether oxygens (including phenoxy) is 2. The van der Waals surface area contributed by atoms with Crippen LogP contribution >= 0.6 is 0 Å². The first-order chi connectivity index (χ1) is 6.77. The standard InChI is InChI=1S/C8H16N4O2/c1-8(2)10-7-14-6-5-13-4-3-11-12-9/h3-7H2,1-2H3. The van der Waals surface area contributed by atoms with Crippen molar-refractivity contribution in [1.29, 1.82) is 0 Å². The monoisotopic (exact) mass is 200 g/mol. The molecule has 0 saturated carbocycles. The highest BCUT2D eigenvalue weighted by atomic mass is 16.5. The Morgan fingerprint density at radius 1 is 1.21 bits per heavy atom. The Morgan fingerprint density at radius 2 is 1.93 bits per heavy atom. The molecule has 0 spiro atoms. The molecule has 0 aromatic rings. The average molecular weight is 200 g/mol. The van der Waals surface area contributed by atoms with E-state index in [0.29, 0.717) is 33.1 Å². The van der Waals surface area contributed by atoms with E-state index in [2.05, 4.69) is 15.0 Å². The van der Waals surface area contributed by atoms with Crippen LogP contribution in [0.3, 0.4) is 0 Å². The summed E-state index contributed by atoms with van der Waals surface area (Å²) in [6.07, 6.45) is 0. The molecule has 0 N–H and O–H groups in total. The van der Waals surface area contributed by atoms with E-state index >= 15 is 0 Å². The molecule has 0 aliphatic carbocycles. The van der Waals surface area contributed by atoms with Crippen LogP contribution in [0.15, 0.2) is 10.1 Å². The summed E-state index contributed by atoms with van der Waals surface area (Å²) < 4.78 is 10.2. The lowest BCUT2D eigenvalue weighted by atomic mass is 10.5. The van der Waals surface area contributed by atoms with Crippen LogP contribution in [0.4, 0.5) is 0 Å². The fourth-order valence-corrected chi connectivity index (χ4v) is 0.609. The summed E-state index contributed by atoms with van der Waals surface area (Å²) in [6, 6.07) is 0. The summed E-state index contributed by atoms with van der Waals surface area (Å²) in [6.45, 7) is 6.01. The predicted octanol–water partition coefficient (Wildman–Crippen LogP) is 1.77. The largest absolute Gasteiger partial charge is 0.379 e. The van der Waals surface area contributed by atoms with Gasteiger partial charge in [-0.05, 0) is 19.4 Å². The Morgan fingerprint density at radius 3 is 2.57 bits per heavy atom. The predicted molar refractivity (Wildman–Crippen MR) is 54.4 cm³/mol. The van der Waals surface area contributed by atoms with E-state index in [1.807, 2.05) is 13.8 Å². The number of azide groups is 1. The molecule has 0 fully saturated rings. The smallest absolute Gasteiger partial charge is 0.137 e. The fourth-order valence-electron chi connectivity index (χ4n) is 0.609. The quantitative estimate of drug-likeness (QED) is 0.197. The first kappa shape index (κ1) is 12.9. The van der Waals surface area contributed by atoms with Gasteiger partial charge in [0, 0.05) is 17.2 Å². The molecule has 6 heteroatoms. The van der Waals surface area contributed by atoms with Crippen LogP contribution in [0.25, 0.3) is 10.4 Å². The normalized spacial score (nSPS) is 9.29. The van der Waals surface area contributed by atoms with Crippen LogP contribution in [0, 0.1) is 0 Å². The highest BCUT2D eigenvalue weighted by Gasteiger charge is 1.87. The third kappa shape index (κ3) is 10.9. The molecule has 0 unspecified atom stereocenters. The van der Waals surface area contributed by atoms with Gasteiger partial charge in [0.25, 0.3) is 0 Å². The topological polar surface area (TPSA) is 79.6 Å². The summed E-state index contributed by atoms with van der Waals surface area (Å²) in [5.41, 5.74) is 8.95. The third-order valence-corrected chi connectivity index (χ3v) is 1.24. The van der Waals surface area contributed by atoms with Crippen LogP contribution in [0.5, 0.6) is 0 Å². The lowest BCUT2D eigenvalue weighted by Crippen LogP contribution is -2.07. The molecule has 14 heavy (non-hydrogen) atoms. The molecule has 80 valence electrons. The minimum Gasteiger partial charge on any atom is -0.379 e. The summed E-state index contributed by atoms with van der Waals surface area (Å²) in [5.74, 6) is 0. The molecule has 0 bridgehead atoms. The zero-order valence-electron chi connectivity index (χ0n) is 8.64. The summed E-state index contributed by atoms with van der Waals surface area (Å²) in [4.78, 5) is 6.64. The van der Waals surface area contributed by atoms with E-state index in [-0.39, 0.29) is 0 Å². The first-order valence-electron chi connectivity index (χ1n) is 4.41. The van der Waals surface area contributed by atoms with E-state index in [1.54, 1.807) is 0 Å². The van der Waals surface area contributed by atoms with Crippen LogP contribution in [0.2, 0.25) is 0 Å². The molecule has 0 aromatic heterocycles. The van der Waals surface area contributed by atoms with Gasteiger partial charge in [-0.15, -0.1) is 0 Å². The molecule has 0 aliphatic heterocycles. The maximum absolute atomic E-state index is 7.95. The third-order valence-electron chi connectivity index (χ3n) is 1.24. The highest BCUT2D eigenvalue weighted by molar-refractivity contribution is 5.78. The van der Waals surface area contributed by atoms with Crippen molar-refractivity contribution < 1.29 is 9.47 Å². The van der Waals surface area contributed by atoms with Crippen molar-refractivity contribution in [2.24, 2.45) is 10.1 Å². The van der Waals surface area contributed by atoms with E-state index in [1.165, 1.54) is 0 Å². The molecule has 0 rings (SSSR count). The van der Waals surface area contributed by atoms with Crippen molar-refractivity contribution in [3.05, 3.63) is 10.4 Å². The SMILES string of the molecule is CC(C)=NCOCCOCCN=[N+]=[N-]. The minimum atomic E-state index is 0.364. The van der Waals surface area contributed by atoms with E-state index in [0.717, 1.165) is 5.71 Å². The summed E-state index contributed by atoms with van der Waals surface area (Å²) in [5, 5.41) is 3.32. The second-order valence-corrected chi connectivity index (χ2v) is 2.71. The van der Waals surface area contributed by atoms with Crippen molar-refractivity contribution in [2.45, 2.75) is 13.8 Å². The number of hydrogen-bond acceptors (Lipinski definition) is 4. The van der Waals surface area contributed by atoms with E-state index in [9.17, 15) is 0 Å². The summed E-state index contributed by atoms with van der Waals surface area (Å²) in [7, 11) is 0. The van der Waals surface area contributed by atoms with Crippen LogP contribution in [-0.4, -0.2) is 38.8 Å². The summed E-state index contributed by atoms with van der Waals surface area (Å²) >= 11 is 0. The Balaban J connectivity index is 3.06. The molecule has 0 atom stereocenters. The van der Waals surface area contributed by atoms with Crippen molar-refractivity contribution in [1.82, 2.24) is 0 Å². The van der Waals surface area contributed by atoms with Gasteiger partial charge in [0.2, 0.25) is 0 Å². The molecule has 0 saturated heterocycles. The first-order valence-corrected chi connectivity index (χ1v) is 4.41. The van der Waals surface area contributed by atoms with Gasteiger partial charge in [-0.2, -0.15) is 0 Å². The average Bonchev–Trinajstić information content (AvgIpc) is 2.15.